The van der Waals surface area contributed by atoms with Gasteiger partial charge in [0.15, 0.2) is 5.65 Å². The molecule has 5 heterocycles. The van der Waals surface area contributed by atoms with E-state index < -0.39 is 11.6 Å². The maximum Gasteiger partial charge on any atom is 0.183 e. The maximum absolute atomic E-state index is 14.5. The van der Waals surface area contributed by atoms with E-state index in [0.29, 0.717) is 35.0 Å². The van der Waals surface area contributed by atoms with Crippen LogP contribution in [0.2, 0.25) is 0 Å². The Kier molecular flexibility index (Phi) is 4.56. The van der Waals surface area contributed by atoms with Gasteiger partial charge in [-0.3, -0.25) is 9.97 Å². The summed E-state index contributed by atoms with van der Waals surface area (Å²) in [5.41, 5.74) is 3.18. The van der Waals surface area contributed by atoms with Crippen molar-refractivity contribution in [1.82, 2.24) is 34.3 Å². The first-order valence-electron chi connectivity index (χ1n) is 10.5. The van der Waals surface area contributed by atoms with Gasteiger partial charge in [0.25, 0.3) is 0 Å². The fourth-order valence-electron chi connectivity index (χ4n) is 4.34. The number of hydrogen-bond donors (Lipinski definition) is 0. The molecule has 1 fully saturated rings. The molecule has 164 valence electrons. The van der Waals surface area contributed by atoms with Crippen LogP contribution >= 0.6 is 0 Å². The molecule has 1 aromatic carbocycles. The van der Waals surface area contributed by atoms with E-state index in [-0.39, 0.29) is 6.04 Å². The standard InChI is InChI=1S/C23H18F2N8/c24-16-3-4-18(25)17(10-16)20-2-1-8-31(20)22-5-9-32-23(30-22)21(13-29-32)33-14-15(11-28-33)19-12-26-6-7-27-19/h3-7,9-14,20H,1-2,8H2/t20-/m0/s1. The van der Waals surface area contributed by atoms with Crippen molar-refractivity contribution >= 4 is 11.5 Å². The van der Waals surface area contributed by atoms with Crippen LogP contribution in [0.15, 0.2) is 67.6 Å². The summed E-state index contributed by atoms with van der Waals surface area (Å²) < 4.78 is 31.7. The molecule has 0 N–H and O–H groups in total. The fraction of sp³-hybridized carbons (Fsp3) is 0.174. The number of halogens is 2. The molecular weight excluding hydrogens is 426 g/mol. The molecule has 6 rings (SSSR count). The minimum Gasteiger partial charge on any atom is -0.349 e. The van der Waals surface area contributed by atoms with Gasteiger partial charge in [0, 0.05) is 42.5 Å². The molecule has 1 saturated heterocycles. The number of fused-ring (bicyclic) bond motifs is 1. The molecule has 33 heavy (non-hydrogen) atoms. The number of rotatable bonds is 4. The Labute approximate surface area is 187 Å². The molecular formula is C23H18F2N8. The number of aromatic nitrogens is 7. The minimum absolute atomic E-state index is 0.282. The number of anilines is 1. The molecule has 8 nitrogen and oxygen atoms in total. The zero-order valence-corrected chi connectivity index (χ0v) is 17.4. The van der Waals surface area contributed by atoms with E-state index in [1.165, 1.54) is 12.1 Å². The van der Waals surface area contributed by atoms with Crippen LogP contribution in [0.5, 0.6) is 0 Å². The largest absolute Gasteiger partial charge is 0.349 e. The van der Waals surface area contributed by atoms with Gasteiger partial charge in [0.2, 0.25) is 0 Å². The van der Waals surface area contributed by atoms with E-state index in [0.717, 1.165) is 24.5 Å². The normalized spacial score (nSPS) is 16.1. The zero-order chi connectivity index (χ0) is 22.4. The zero-order valence-electron chi connectivity index (χ0n) is 17.4. The van der Waals surface area contributed by atoms with Crippen LogP contribution in [0.3, 0.4) is 0 Å². The lowest BCUT2D eigenvalue weighted by molar-refractivity contribution is 0.560. The second-order valence-electron chi connectivity index (χ2n) is 7.87. The van der Waals surface area contributed by atoms with Gasteiger partial charge in [0.1, 0.15) is 23.1 Å². The van der Waals surface area contributed by atoms with Gasteiger partial charge in [-0.25, -0.2) is 23.0 Å². The van der Waals surface area contributed by atoms with Crippen LogP contribution in [0.4, 0.5) is 14.6 Å². The number of hydrogen-bond acceptors (Lipinski definition) is 6. The molecule has 10 heteroatoms. The first-order valence-corrected chi connectivity index (χ1v) is 10.5. The first kappa shape index (κ1) is 19.5. The Morgan fingerprint density at radius 3 is 2.82 bits per heavy atom. The van der Waals surface area contributed by atoms with Gasteiger partial charge in [0.05, 0.1) is 30.3 Å². The highest BCUT2D eigenvalue weighted by Gasteiger charge is 2.30. The van der Waals surface area contributed by atoms with Gasteiger partial charge in [-0.2, -0.15) is 10.2 Å². The predicted octanol–water partition coefficient (Wildman–Crippen LogP) is 3.99. The van der Waals surface area contributed by atoms with Crippen LogP contribution in [0, 0.1) is 11.6 Å². The maximum atomic E-state index is 14.5. The lowest BCUT2D eigenvalue weighted by Gasteiger charge is -2.26. The van der Waals surface area contributed by atoms with Gasteiger partial charge in [-0.1, -0.05) is 0 Å². The van der Waals surface area contributed by atoms with E-state index in [4.69, 9.17) is 4.98 Å². The summed E-state index contributed by atoms with van der Waals surface area (Å²) >= 11 is 0. The third kappa shape index (κ3) is 3.39. The van der Waals surface area contributed by atoms with E-state index in [2.05, 4.69) is 20.2 Å². The third-order valence-corrected chi connectivity index (χ3v) is 5.89. The van der Waals surface area contributed by atoms with E-state index in [1.54, 1.807) is 40.2 Å². The Balaban J connectivity index is 1.38. The molecule has 0 radical (unpaired) electrons. The third-order valence-electron chi connectivity index (χ3n) is 5.89. The monoisotopic (exact) mass is 444 g/mol. The first-order chi connectivity index (χ1) is 16.2. The average Bonchev–Trinajstić information content (AvgIpc) is 3.60. The van der Waals surface area contributed by atoms with Crippen molar-refractivity contribution in [2.45, 2.75) is 18.9 Å². The van der Waals surface area contributed by atoms with Crippen molar-refractivity contribution in [3.63, 3.8) is 0 Å². The van der Waals surface area contributed by atoms with Gasteiger partial charge in [-0.05, 0) is 37.1 Å². The molecule has 0 unspecified atom stereocenters. The summed E-state index contributed by atoms with van der Waals surface area (Å²) in [5.74, 6) is -0.179. The summed E-state index contributed by atoms with van der Waals surface area (Å²) in [6.45, 7) is 0.700. The highest BCUT2D eigenvalue weighted by atomic mass is 19.1. The van der Waals surface area contributed by atoms with Crippen LogP contribution in [-0.4, -0.2) is 40.9 Å². The summed E-state index contributed by atoms with van der Waals surface area (Å²) in [6.07, 6.45) is 13.6. The van der Waals surface area contributed by atoms with E-state index in [9.17, 15) is 8.78 Å². The van der Waals surface area contributed by atoms with Crippen molar-refractivity contribution in [3.8, 4) is 16.9 Å². The van der Waals surface area contributed by atoms with Crippen molar-refractivity contribution in [2.75, 3.05) is 11.4 Å². The lowest BCUT2D eigenvalue weighted by Crippen LogP contribution is -2.24. The Bertz CT molecular complexity index is 1450. The van der Waals surface area contributed by atoms with Gasteiger partial charge < -0.3 is 4.90 Å². The SMILES string of the molecule is Fc1ccc(F)c([C@@H]2CCCN2c2ccn3ncc(-n4cc(-c5cnccn5)cn4)c3n2)c1. The van der Waals surface area contributed by atoms with Crippen molar-refractivity contribution < 1.29 is 8.78 Å². The second kappa shape index (κ2) is 7.73. The summed E-state index contributed by atoms with van der Waals surface area (Å²) in [7, 11) is 0. The number of nitrogens with zero attached hydrogens (tertiary/aromatic N) is 8. The predicted molar refractivity (Wildman–Crippen MR) is 117 cm³/mol. The van der Waals surface area contributed by atoms with Crippen LogP contribution in [-0.2, 0) is 0 Å². The summed E-state index contributed by atoms with van der Waals surface area (Å²) in [4.78, 5) is 15.2. The quantitative estimate of drug-likeness (QED) is 0.417. The fourth-order valence-corrected chi connectivity index (χ4v) is 4.34. The molecule has 1 aliphatic heterocycles. The molecule has 0 aliphatic carbocycles. The van der Waals surface area contributed by atoms with Crippen LogP contribution in [0.1, 0.15) is 24.4 Å². The highest BCUT2D eigenvalue weighted by molar-refractivity contribution is 5.63. The molecule has 4 aromatic heterocycles. The van der Waals surface area contributed by atoms with E-state index in [1.807, 2.05) is 23.4 Å². The molecule has 1 atom stereocenters. The van der Waals surface area contributed by atoms with Crippen molar-refractivity contribution in [2.24, 2.45) is 0 Å². The molecule has 0 saturated carbocycles. The van der Waals surface area contributed by atoms with Crippen LogP contribution < -0.4 is 4.90 Å². The molecule has 0 bridgehead atoms. The molecule has 5 aromatic rings. The summed E-state index contributed by atoms with van der Waals surface area (Å²) in [6, 6.07) is 5.15. The van der Waals surface area contributed by atoms with E-state index >= 15 is 0 Å². The smallest absolute Gasteiger partial charge is 0.183 e. The minimum atomic E-state index is -0.447. The molecule has 1 aliphatic rings. The van der Waals surface area contributed by atoms with Gasteiger partial charge in [-0.15, -0.1) is 0 Å². The topological polar surface area (TPSA) is 77.0 Å². The van der Waals surface area contributed by atoms with Crippen molar-refractivity contribution in [1.29, 1.82) is 0 Å². The second-order valence-corrected chi connectivity index (χ2v) is 7.87. The highest BCUT2D eigenvalue weighted by Crippen LogP contribution is 2.37. The summed E-state index contributed by atoms with van der Waals surface area (Å²) in [5, 5.41) is 8.83. The molecule has 0 amide bonds. The average molecular weight is 444 g/mol. The Morgan fingerprint density at radius 2 is 1.94 bits per heavy atom. The van der Waals surface area contributed by atoms with Crippen molar-refractivity contribution in [3.05, 3.63) is 84.8 Å². The Hall–Kier alpha value is -4.21. The Morgan fingerprint density at radius 1 is 1.00 bits per heavy atom. The van der Waals surface area contributed by atoms with Crippen LogP contribution in [0.25, 0.3) is 22.6 Å². The lowest BCUT2D eigenvalue weighted by atomic mass is 10.0. The van der Waals surface area contributed by atoms with Gasteiger partial charge >= 0.3 is 0 Å². The number of benzene rings is 1. The molecule has 0 spiro atoms.